The van der Waals surface area contributed by atoms with Gasteiger partial charge in [-0.05, 0) is 32.0 Å². The average Bonchev–Trinajstić information content (AvgIpc) is 3.02. The molecule has 4 rings (SSSR count). The molecule has 4 nitrogen and oxygen atoms in total. The van der Waals surface area contributed by atoms with Crippen LogP contribution >= 0.6 is 0 Å². The Morgan fingerprint density at radius 1 is 0.960 bits per heavy atom. The van der Waals surface area contributed by atoms with Gasteiger partial charge >= 0.3 is 0 Å². The molecule has 0 aliphatic rings. The number of fused-ring (bicyclic) bond motifs is 1. The lowest BCUT2D eigenvalue weighted by atomic mass is 10.0. The van der Waals surface area contributed by atoms with E-state index in [2.05, 4.69) is 4.98 Å². The van der Waals surface area contributed by atoms with Crippen molar-refractivity contribution in [3.05, 3.63) is 77.3 Å². The second-order valence-electron chi connectivity index (χ2n) is 6.28. The van der Waals surface area contributed by atoms with Crippen LogP contribution in [0.4, 0.5) is 0 Å². The molecule has 0 amide bonds. The maximum atomic E-state index is 12.1. The van der Waals surface area contributed by atoms with Crippen molar-refractivity contribution in [2.45, 2.75) is 19.9 Å². The SMILES string of the molecule is CC(C)n1cc(-c2c(-c3ccccc3)oc3cccnc23)ccc1=O. The van der Waals surface area contributed by atoms with Crippen LogP contribution in [0.3, 0.4) is 0 Å². The summed E-state index contributed by atoms with van der Waals surface area (Å²) < 4.78 is 7.85. The number of rotatable bonds is 3. The van der Waals surface area contributed by atoms with Gasteiger partial charge in [0.15, 0.2) is 5.58 Å². The van der Waals surface area contributed by atoms with Crippen molar-refractivity contribution in [1.82, 2.24) is 9.55 Å². The summed E-state index contributed by atoms with van der Waals surface area (Å²) in [5.41, 5.74) is 4.34. The van der Waals surface area contributed by atoms with E-state index >= 15 is 0 Å². The first-order valence-corrected chi connectivity index (χ1v) is 8.30. The van der Waals surface area contributed by atoms with Crippen molar-refractivity contribution in [2.75, 3.05) is 0 Å². The molecule has 4 aromatic rings. The summed E-state index contributed by atoms with van der Waals surface area (Å²) in [4.78, 5) is 16.6. The van der Waals surface area contributed by atoms with Crippen LogP contribution < -0.4 is 5.56 Å². The molecule has 0 aliphatic carbocycles. The van der Waals surface area contributed by atoms with E-state index in [1.807, 2.05) is 68.6 Å². The normalized spacial score (nSPS) is 11.3. The first-order valence-electron chi connectivity index (χ1n) is 8.30. The van der Waals surface area contributed by atoms with Crippen LogP contribution in [0.25, 0.3) is 33.6 Å². The number of pyridine rings is 2. The standard InChI is InChI=1S/C21H18N2O2/c1-14(2)23-13-16(10-11-18(23)24)19-20-17(9-6-12-22-20)25-21(19)15-7-4-3-5-8-15/h3-14H,1-2H3. The lowest BCUT2D eigenvalue weighted by Crippen LogP contribution is -2.20. The number of hydrogen-bond donors (Lipinski definition) is 0. The van der Waals surface area contributed by atoms with Crippen LogP contribution in [-0.2, 0) is 0 Å². The van der Waals surface area contributed by atoms with Gasteiger partial charge in [0.05, 0.1) is 5.56 Å². The topological polar surface area (TPSA) is 48.0 Å². The summed E-state index contributed by atoms with van der Waals surface area (Å²) in [5.74, 6) is 0.767. The molecule has 0 spiro atoms. The molecule has 0 radical (unpaired) electrons. The Morgan fingerprint density at radius 3 is 2.52 bits per heavy atom. The highest BCUT2D eigenvalue weighted by atomic mass is 16.3. The highest BCUT2D eigenvalue weighted by molar-refractivity contribution is 5.99. The van der Waals surface area contributed by atoms with Gasteiger partial charge in [-0.15, -0.1) is 0 Å². The van der Waals surface area contributed by atoms with Gasteiger partial charge in [-0.25, -0.2) is 0 Å². The molecule has 0 aliphatic heterocycles. The van der Waals surface area contributed by atoms with E-state index in [-0.39, 0.29) is 11.6 Å². The van der Waals surface area contributed by atoms with Crippen LogP contribution in [0.15, 0.2) is 76.2 Å². The average molecular weight is 330 g/mol. The molecule has 3 heterocycles. The van der Waals surface area contributed by atoms with Gasteiger partial charge in [-0.1, -0.05) is 30.3 Å². The number of furan rings is 1. The van der Waals surface area contributed by atoms with E-state index in [9.17, 15) is 4.79 Å². The fraction of sp³-hybridized carbons (Fsp3) is 0.143. The minimum Gasteiger partial charge on any atom is -0.454 e. The molecule has 4 heteroatoms. The van der Waals surface area contributed by atoms with Crippen molar-refractivity contribution >= 4 is 11.1 Å². The lowest BCUT2D eigenvalue weighted by Gasteiger charge is -2.11. The quantitative estimate of drug-likeness (QED) is 0.536. The van der Waals surface area contributed by atoms with Crippen LogP contribution in [-0.4, -0.2) is 9.55 Å². The lowest BCUT2D eigenvalue weighted by molar-refractivity contribution is 0.579. The molecule has 0 saturated carbocycles. The monoisotopic (exact) mass is 330 g/mol. The van der Waals surface area contributed by atoms with Crippen molar-refractivity contribution in [3.63, 3.8) is 0 Å². The first-order chi connectivity index (χ1) is 12.1. The van der Waals surface area contributed by atoms with Gasteiger partial charge in [0.2, 0.25) is 0 Å². The molecule has 0 N–H and O–H groups in total. The Labute approximate surface area is 145 Å². The van der Waals surface area contributed by atoms with E-state index < -0.39 is 0 Å². The van der Waals surface area contributed by atoms with E-state index in [0.29, 0.717) is 0 Å². The van der Waals surface area contributed by atoms with Gasteiger partial charge in [-0.2, -0.15) is 0 Å². The van der Waals surface area contributed by atoms with Crippen LogP contribution in [0.2, 0.25) is 0 Å². The molecule has 1 aromatic carbocycles. The number of benzene rings is 1. The van der Waals surface area contributed by atoms with Crippen LogP contribution in [0, 0.1) is 0 Å². The van der Waals surface area contributed by atoms with Crippen LogP contribution in [0.1, 0.15) is 19.9 Å². The molecule has 0 fully saturated rings. The zero-order chi connectivity index (χ0) is 17.4. The minimum absolute atomic E-state index is 0.0132. The molecule has 0 bridgehead atoms. The molecule has 0 saturated heterocycles. The van der Waals surface area contributed by atoms with E-state index in [0.717, 1.165) is 33.6 Å². The second kappa shape index (κ2) is 6.06. The third kappa shape index (κ3) is 2.66. The van der Waals surface area contributed by atoms with E-state index in [1.165, 1.54) is 0 Å². The summed E-state index contributed by atoms with van der Waals surface area (Å²) in [5, 5.41) is 0. The summed E-state index contributed by atoms with van der Waals surface area (Å²) >= 11 is 0. The molecular weight excluding hydrogens is 312 g/mol. The zero-order valence-corrected chi connectivity index (χ0v) is 14.1. The number of hydrogen-bond acceptors (Lipinski definition) is 3. The smallest absolute Gasteiger partial charge is 0.250 e. The molecule has 0 unspecified atom stereocenters. The Balaban J connectivity index is 2.04. The van der Waals surface area contributed by atoms with Gasteiger partial charge in [-0.3, -0.25) is 9.78 Å². The second-order valence-corrected chi connectivity index (χ2v) is 6.28. The number of nitrogens with zero attached hydrogens (tertiary/aromatic N) is 2. The third-order valence-corrected chi connectivity index (χ3v) is 4.27. The van der Waals surface area contributed by atoms with Crippen molar-refractivity contribution < 1.29 is 4.42 Å². The molecular formula is C21H18N2O2. The fourth-order valence-corrected chi connectivity index (χ4v) is 3.04. The largest absolute Gasteiger partial charge is 0.454 e. The molecule has 25 heavy (non-hydrogen) atoms. The van der Waals surface area contributed by atoms with Crippen LogP contribution in [0.5, 0.6) is 0 Å². The Bertz CT molecular complexity index is 1090. The van der Waals surface area contributed by atoms with Gasteiger partial charge < -0.3 is 8.98 Å². The maximum Gasteiger partial charge on any atom is 0.250 e. The van der Waals surface area contributed by atoms with E-state index in [4.69, 9.17) is 4.42 Å². The molecule has 0 atom stereocenters. The summed E-state index contributed by atoms with van der Waals surface area (Å²) in [6.07, 6.45) is 3.65. The molecule has 124 valence electrons. The van der Waals surface area contributed by atoms with E-state index in [1.54, 1.807) is 16.8 Å². The molecule has 3 aromatic heterocycles. The summed E-state index contributed by atoms with van der Waals surface area (Å²) in [6, 6.07) is 17.3. The third-order valence-electron chi connectivity index (χ3n) is 4.27. The number of aromatic nitrogens is 2. The minimum atomic E-state index is -0.0132. The highest BCUT2D eigenvalue weighted by Gasteiger charge is 2.19. The first kappa shape index (κ1) is 15.4. The Hall–Kier alpha value is -3.14. The van der Waals surface area contributed by atoms with Crippen molar-refractivity contribution in [1.29, 1.82) is 0 Å². The fourth-order valence-electron chi connectivity index (χ4n) is 3.04. The van der Waals surface area contributed by atoms with Gasteiger partial charge in [0.25, 0.3) is 5.56 Å². The predicted molar refractivity (Wildman–Crippen MR) is 99.5 cm³/mol. The van der Waals surface area contributed by atoms with Crippen molar-refractivity contribution in [3.8, 4) is 22.5 Å². The van der Waals surface area contributed by atoms with Gasteiger partial charge in [0.1, 0.15) is 11.3 Å². The summed E-state index contributed by atoms with van der Waals surface area (Å²) in [7, 11) is 0. The van der Waals surface area contributed by atoms with Gasteiger partial charge in [0, 0.05) is 35.6 Å². The van der Waals surface area contributed by atoms with Crippen molar-refractivity contribution in [2.24, 2.45) is 0 Å². The summed E-state index contributed by atoms with van der Waals surface area (Å²) in [6.45, 7) is 3.99. The predicted octanol–water partition coefficient (Wildman–Crippen LogP) is 4.90. The Kier molecular flexibility index (Phi) is 3.73. The highest BCUT2D eigenvalue weighted by Crippen LogP contribution is 2.39. The Morgan fingerprint density at radius 2 is 1.76 bits per heavy atom. The maximum absolute atomic E-state index is 12.1. The zero-order valence-electron chi connectivity index (χ0n) is 14.1.